The van der Waals surface area contributed by atoms with Crippen LogP contribution in [-0.2, 0) is 0 Å². The minimum atomic E-state index is 0.367. The maximum absolute atomic E-state index is 9.58. The van der Waals surface area contributed by atoms with E-state index in [0.29, 0.717) is 11.8 Å². The molecule has 0 bridgehead atoms. The lowest BCUT2D eigenvalue weighted by molar-refractivity contribution is 0.471. The van der Waals surface area contributed by atoms with Crippen molar-refractivity contribution in [3.05, 3.63) is 23.8 Å². The van der Waals surface area contributed by atoms with Crippen LogP contribution in [0.3, 0.4) is 0 Å². The van der Waals surface area contributed by atoms with Gasteiger partial charge >= 0.3 is 0 Å². The fourth-order valence-electron chi connectivity index (χ4n) is 1.66. The molecule has 2 nitrogen and oxygen atoms in total. The number of hydrogen-bond donors (Lipinski definition) is 2. The third-order valence-electron chi connectivity index (χ3n) is 2.71. The molecule has 0 radical (unpaired) electrons. The topological polar surface area (TPSA) is 32.3 Å². The van der Waals surface area contributed by atoms with Gasteiger partial charge in [0, 0.05) is 17.8 Å². The van der Waals surface area contributed by atoms with Gasteiger partial charge in [-0.2, -0.15) is 0 Å². The molecule has 0 saturated carbocycles. The van der Waals surface area contributed by atoms with Gasteiger partial charge in [0.2, 0.25) is 0 Å². The fourth-order valence-corrected chi connectivity index (χ4v) is 1.66. The summed E-state index contributed by atoms with van der Waals surface area (Å²) in [5.41, 5.74) is 1.93. The molecule has 1 aromatic carbocycles. The Morgan fingerprint density at radius 2 is 2.07 bits per heavy atom. The van der Waals surface area contributed by atoms with E-state index in [4.69, 9.17) is 0 Å². The Hall–Kier alpha value is -1.18. The van der Waals surface area contributed by atoms with E-state index in [1.54, 1.807) is 6.07 Å². The predicted molar refractivity (Wildman–Crippen MR) is 65.5 cm³/mol. The molecule has 1 aromatic rings. The van der Waals surface area contributed by atoms with Crippen LogP contribution in [0.5, 0.6) is 5.75 Å². The van der Waals surface area contributed by atoms with Crippen molar-refractivity contribution in [3.63, 3.8) is 0 Å². The van der Waals surface area contributed by atoms with E-state index in [9.17, 15) is 5.11 Å². The van der Waals surface area contributed by atoms with Crippen molar-refractivity contribution in [2.24, 2.45) is 0 Å². The summed E-state index contributed by atoms with van der Waals surface area (Å²) >= 11 is 0. The molecule has 0 saturated heterocycles. The molecule has 1 rings (SSSR count). The fraction of sp³-hybridized carbons (Fsp3) is 0.538. The van der Waals surface area contributed by atoms with Crippen LogP contribution >= 0.6 is 0 Å². The summed E-state index contributed by atoms with van der Waals surface area (Å²) in [6, 6.07) is 6.27. The zero-order valence-electron chi connectivity index (χ0n) is 9.88. The first-order valence-electron chi connectivity index (χ1n) is 5.73. The monoisotopic (exact) mass is 207 g/mol. The summed E-state index contributed by atoms with van der Waals surface area (Å²) in [4.78, 5) is 0. The molecule has 0 aliphatic heterocycles. The molecule has 0 fully saturated rings. The third kappa shape index (κ3) is 3.46. The first kappa shape index (κ1) is 11.9. The quantitative estimate of drug-likeness (QED) is 0.771. The Morgan fingerprint density at radius 1 is 1.33 bits per heavy atom. The van der Waals surface area contributed by atoms with Crippen LogP contribution in [-0.4, -0.2) is 11.1 Å². The molecule has 2 N–H and O–H groups in total. The van der Waals surface area contributed by atoms with Crippen molar-refractivity contribution in [3.8, 4) is 5.75 Å². The lowest BCUT2D eigenvalue weighted by Gasteiger charge is -2.17. The van der Waals surface area contributed by atoms with Gasteiger partial charge in [-0.15, -0.1) is 0 Å². The molecule has 0 heterocycles. The van der Waals surface area contributed by atoms with Crippen molar-refractivity contribution < 1.29 is 5.11 Å². The first-order chi connectivity index (χ1) is 7.17. The van der Waals surface area contributed by atoms with E-state index in [0.717, 1.165) is 17.7 Å². The van der Waals surface area contributed by atoms with Gasteiger partial charge in [-0.1, -0.05) is 26.3 Å². The normalized spacial score (nSPS) is 12.5. The van der Waals surface area contributed by atoms with E-state index in [1.165, 1.54) is 12.8 Å². The zero-order valence-corrected chi connectivity index (χ0v) is 9.88. The number of rotatable bonds is 5. The van der Waals surface area contributed by atoms with Crippen molar-refractivity contribution in [2.45, 2.75) is 46.1 Å². The van der Waals surface area contributed by atoms with E-state index in [2.05, 4.69) is 19.2 Å². The van der Waals surface area contributed by atoms with E-state index in [-0.39, 0.29) is 0 Å². The maximum Gasteiger partial charge on any atom is 0.120 e. The summed E-state index contributed by atoms with van der Waals surface area (Å²) in [7, 11) is 0. The standard InChI is InChI=1S/C13H21NO/c1-4-6-11(5-2)14-12-8-7-10(3)13(15)9-12/h7-9,11,14-15H,4-6H2,1-3H3. The summed E-state index contributed by atoms with van der Waals surface area (Å²) in [5, 5.41) is 13.0. The summed E-state index contributed by atoms with van der Waals surface area (Å²) in [6.07, 6.45) is 3.47. The van der Waals surface area contributed by atoms with Crippen LogP contribution in [0.15, 0.2) is 18.2 Å². The summed E-state index contributed by atoms with van der Waals surface area (Å²) < 4.78 is 0. The number of aromatic hydroxyl groups is 1. The summed E-state index contributed by atoms with van der Waals surface area (Å²) in [6.45, 7) is 6.28. The molecule has 0 spiro atoms. The Morgan fingerprint density at radius 3 is 2.60 bits per heavy atom. The molecular formula is C13H21NO. The van der Waals surface area contributed by atoms with Crippen LogP contribution in [0.2, 0.25) is 0 Å². The van der Waals surface area contributed by atoms with E-state index >= 15 is 0 Å². The van der Waals surface area contributed by atoms with Gasteiger partial charge in [0.15, 0.2) is 0 Å². The van der Waals surface area contributed by atoms with Crippen LogP contribution in [0.25, 0.3) is 0 Å². The first-order valence-corrected chi connectivity index (χ1v) is 5.73. The number of aryl methyl sites for hydroxylation is 1. The van der Waals surface area contributed by atoms with Gasteiger partial charge in [0.1, 0.15) is 5.75 Å². The molecular weight excluding hydrogens is 186 g/mol. The highest BCUT2D eigenvalue weighted by atomic mass is 16.3. The van der Waals surface area contributed by atoms with Gasteiger partial charge < -0.3 is 10.4 Å². The van der Waals surface area contributed by atoms with E-state index in [1.807, 2.05) is 19.1 Å². The number of hydrogen-bond acceptors (Lipinski definition) is 2. The Balaban J connectivity index is 2.66. The summed E-state index contributed by atoms with van der Waals surface area (Å²) in [5.74, 6) is 0.367. The van der Waals surface area contributed by atoms with Crippen LogP contribution in [0.1, 0.15) is 38.7 Å². The average Bonchev–Trinajstić information content (AvgIpc) is 2.23. The van der Waals surface area contributed by atoms with Gasteiger partial charge in [0.25, 0.3) is 0 Å². The number of phenolic OH excluding ortho intramolecular Hbond substituents is 1. The lowest BCUT2D eigenvalue weighted by Crippen LogP contribution is -2.17. The van der Waals surface area contributed by atoms with Crippen LogP contribution in [0, 0.1) is 6.92 Å². The molecule has 0 aliphatic rings. The predicted octanol–water partition coefficient (Wildman–Crippen LogP) is 3.69. The maximum atomic E-state index is 9.58. The SMILES string of the molecule is CCCC(CC)Nc1ccc(C)c(O)c1. The number of benzene rings is 1. The minimum absolute atomic E-state index is 0.367. The number of anilines is 1. The smallest absolute Gasteiger partial charge is 0.120 e. The second-order valence-electron chi connectivity index (χ2n) is 4.04. The largest absolute Gasteiger partial charge is 0.508 e. The highest BCUT2D eigenvalue weighted by Gasteiger charge is 2.05. The van der Waals surface area contributed by atoms with E-state index < -0.39 is 0 Å². The van der Waals surface area contributed by atoms with Gasteiger partial charge in [-0.3, -0.25) is 0 Å². The van der Waals surface area contributed by atoms with Crippen LogP contribution in [0.4, 0.5) is 5.69 Å². The molecule has 1 unspecified atom stereocenters. The minimum Gasteiger partial charge on any atom is -0.508 e. The van der Waals surface area contributed by atoms with Crippen molar-refractivity contribution >= 4 is 5.69 Å². The Bertz CT molecular complexity index is 309. The highest BCUT2D eigenvalue weighted by Crippen LogP contribution is 2.22. The second-order valence-corrected chi connectivity index (χ2v) is 4.04. The molecule has 15 heavy (non-hydrogen) atoms. The molecule has 0 aromatic heterocycles. The molecule has 2 heteroatoms. The lowest BCUT2D eigenvalue weighted by atomic mass is 10.1. The molecule has 0 aliphatic carbocycles. The van der Waals surface area contributed by atoms with Crippen molar-refractivity contribution in [2.75, 3.05) is 5.32 Å². The Kier molecular flexibility index (Phi) is 4.47. The van der Waals surface area contributed by atoms with Crippen LogP contribution < -0.4 is 5.32 Å². The number of nitrogens with one attached hydrogen (secondary N) is 1. The highest BCUT2D eigenvalue weighted by molar-refractivity contribution is 5.51. The molecule has 1 atom stereocenters. The van der Waals surface area contributed by atoms with Crippen molar-refractivity contribution in [1.82, 2.24) is 0 Å². The van der Waals surface area contributed by atoms with Gasteiger partial charge in [-0.25, -0.2) is 0 Å². The van der Waals surface area contributed by atoms with Gasteiger partial charge in [-0.05, 0) is 31.4 Å². The molecule has 84 valence electrons. The second kappa shape index (κ2) is 5.64. The number of phenols is 1. The van der Waals surface area contributed by atoms with Crippen molar-refractivity contribution in [1.29, 1.82) is 0 Å². The average molecular weight is 207 g/mol. The third-order valence-corrected chi connectivity index (χ3v) is 2.71. The molecule has 0 amide bonds. The van der Waals surface area contributed by atoms with Gasteiger partial charge in [0.05, 0.1) is 0 Å². The zero-order chi connectivity index (χ0) is 11.3. The Labute approximate surface area is 92.3 Å².